The molecule has 2 aliphatic carbocycles. The number of nitrogens with zero attached hydrogens (tertiary/aromatic N) is 1. The van der Waals surface area contributed by atoms with Gasteiger partial charge in [0.25, 0.3) is 0 Å². The molecule has 0 saturated heterocycles. The highest BCUT2D eigenvalue weighted by Gasteiger charge is 2.32. The number of benzene rings is 1. The number of hydrogen-bond donors (Lipinski definition) is 2. The zero-order valence-electron chi connectivity index (χ0n) is 13.8. The van der Waals surface area contributed by atoms with Gasteiger partial charge in [0.05, 0.1) is 13.7 Å². The minimum absolute atomic E-state index is 0.0238. The van der Waals surface area contributed by atoms with Gasteiger partial charge in [0.2, 0.25) is 0 Å². The Morgan fingerprint density at radius 2 is 2.22 bits per heavy atom. The van der Waals surface area contributed by atoms with E-state index in [9.17, 15) is 4.79 Å². The van der Waals surface area contributed by atoms with Gasteiger partial charge in [0, 0.05) is 25.0 Å². The summed E-state index contributed by atoms with van der Waals surface area (Å²) in [4.78, 5) is 14.1. The highest BCUT2D eigenvalue weighted by atomic mass is 16.5. The van der Waals surface area contributed by atoms with Crippen molar-refractivity contribution in [1.82, 2.24) is 10.2 Å². The van der Waals surface area contributed by atoms with Crippen molar-refractivity contribution in [3.8, 4) is 5.75 Å². The van der Waals surface area contributed by atoms with Crippen LogP contribution in [0, 0.1) is 0 Å². The van der Waals surface area contributed by atoms with Crippen molar-refractivity contribution in [3.63, 3.8) is 0 Å². The van der Waals surface area contributed by atoms with Crippen LogP contribution in [0.25, 0.3) is 0 Å². The molecule has 3 rings (SSSR count). The maximum absolute atomic E-state index is 12.4. The van der Waals surface area contributed by atoms with Crippen molar-refractivity contribution < 1.29 is 14.6 Å². The SMILES string of the molecule is COc1ccc2c(c1)CCC[C@H]2CNC(=O)N(CCO)C1CC1. The summed E-state index contributed by atoms with van der Waals surface area (Å²) >= 11 is 0. The fourth-order valence-electron chi connectivity index (χ4n) is 3.49. The first-order chi connectivity index (χ1) is 11.2. The lowest BCUT2D eigenvalue weighted by Gasteiger charge is -2.28. The van der Waals surface area contributed by atoms with E-state index in [4.69, 9.17) is 9.84 Å². The van der Waals surface area contributed by atoms with E-state index < -0.39 is 0 Å². The van der Waals surface area contributed by atoms with Gasteiger partial charge in [-0.15, -0.1) is 0 Å². The zero-order valence-corrected chi connectivity index (χ0v) is 13.8. The van der Waals surface area contributed by atoms with E-state index in [0.29, 0.717) is 25.0 Å². The van der Waals surface area contributed by atoms with Crippen molar-refractivity contribution in [3.05, 3.63) is 29.3 Å². The number of aryl methyl sites for hydroxylation is 1. The molecule has 0 bridgehead atoms. The summed E-state index contributed by atoms with van der Waals surface area (Å²) in [6, 6.07) is 6.54. The molecule has 1 atom stereocenters. The Labute approximate surface area is 137 Å². The Hall–Kier alpha value is -1.75. The van der Waals surface area contributed by atoms with Gasteiger partial charge in [-0.1, -0.05) is 6.07 Å². The van der Waals surface area contributed by atoms with Crippen LogP contribution in [0.5, 0.6) is 5.75 Å². The Kier molecular flexibility index (Phi) is 5.06. The molecule has 1 aromatic rings. The Balaban J connectivity index is 1.62. The molecule has 0 unspecified atom stereocenters. The molecule has 2 amide bonds. The number of fused-ring (bicyclic) bond motifs is 1. The van der Waals surface area contributed by atoms with E-state index in [-0.39, 0.29) is 12.6 Å². The fourth-order valence-corrected chi connectivity index (χ4v) is 3.49. The molecule has 5 heteroatoms. The predicted molar refractivity (Wildman–Crippen MR) is 88.9 cm³/mol. The fraction of sp³-hybridized carbons (Fsp3) is 0.611. The summed E-state index contributed by atoms with van der Waals surface area (Å²) in [5.41, 5.74) is 2.67. The first kappa shape index (κ1) is 16.1. The van der Waals surface area contributed by atoms with Crippen molar-refractivity contribution in [1.29, 1.82) is 0 Å². The smallest absolute Gasteiger partial charge is 0.317 e. The lowest BCUT2D eigenvalue weighted by atomic mass is 9.82. The average molecular weight is 318 g/mol. The molecule has 126 valence electrons. The van der Waals surface area contributed by atoms with Gasteiger partial charge in [-0.3, -0.25) is 0 Å². The molecule has 1 fully saturated rings. The molecule has 5 nitrogen and oxygen atoms in total. The molecule has 0 spiro atoms. The number of urea groups is 1. The molecule has 0 radical (unpaired) electrons. The molecule has 23 heavy (non-hydrogen) atoms. The molecule has 2 N–H and O–H groups in total. The minimum Gasteiger partial charge on any atom is -0.497 e. The predicted octanol–water partition coefficient (Wildman–Crippen LogP) is 2.28. The van der Waals surface area contributed by atoms with Gasteiger partial charge in [-0.2, -0.15) is 0 Å². The molecular formula is C18H26N2O3. The van der Waals surface area contributed by atoms with Crippen molar-refractivity contribution in [2.24, 2.45) is 0 Å². The van der Waals surface area contributed by atoms with Crippen LogP contribution in [0.3, 0.4) is 0 Å². The van der Waals surface area contributed by atoms with Crippen LogP contribution < -0.4 is 10.1 Å². The van der Waals surface area contributed by atoms with E-state index in [1.807, 2.05) is 6.07 Å². The van der Waals surface area contributed by atoms with Crippen molar-refractivity contribution >= 4 is 6.03 Å². The number of carbonyl (C=O) groups is 1. The van der Waals surface area contributed by atoms with Crippen LogP contribution in [0.15, 0.2) is 18.2 Å². The van der Waals surface area contributed by atoms with Crippen molar-refractivity contribution in [2.75, 3.05) is 26.8 Å². The van der Waals surface area contributed by atoms with Gasteiger partial charge in [-0.05, 0) is 55.4 Å². The molecule has 0 heterocycles. The number of nitrogens with one attached hydrogen (secondary N) is 1. The number of aliphatic hydroxyl groups excluding tert-OH is 1. The summed E-state index contributed by atoms with van der Waals surface area (Å²) in [6.45, 7) is 1.11. The van der Waals surface area contributed by atoms with Crippen molar-refractivity contribution in [2.45, 2.75) is 44.1 Å². The average Bonchev–Trinajstić information content (AvgIpc) is 3.41. The first-order valence-electron chi connectivity index (χ1n) is 8.55. The molecule has 0 aliphatic heterocycles. The third kappa shape index (κ3) is 3.78. The highest BCUT2D eigenvalue weighted by Crippen LogP contribution is 2.33. The summed E-state index contributed by atoms with van der Waals surface area (Å²) < 4.78 is 5.31. The lowest BCUT2D eigenvalue weighted by molar-refractivity contribution is 0.173. The van der Waals surface area contributed by atoms with Crippen LogP contribution in [-0.2, 0) is 6.42 Å². The summed E-state index contributed by atoms with van der Waals surface area (Å²) in [7, 11) is 1.69. The Morgan fingerprint density at radius 1 is 1.39 bits per heavy atom. The molecular weight excluding hydrogens is 292 g/mol. The van der Waals surface area contributed by atoms with E-state index in [1.165, 1.54) is 11.1 Å². The van der Waals surface area contributed by atoms with Gasteiger partial charge in [0.1, 0.15) is 5.75 Å². The van der Waals surface area contributed by atoms with E-state index >= 15 is 0 Å². The van der Waals surface area contributed by atoms with Gasteiger partial charge in [0.15, 0.2) is 0 Å². The first-order valence-corrected chi connectivity index (χ1v) is 8.55. The van der Waals surface area contributed by atoms with E-state index in [1.54, 1.807) is 12.0 Å². The van der Waals surface area contributed by atoms with Crippen LogP contribution in [0.2, 0.25) is 0 Å². The zero-order chi connectivity index (χ0) is 16.2. The second-order valence-corrected chi connectivity index (χ2v) is 6.49. The summed E-state index contributed by atoms with van der Waals surface area (Å²) in [6.07, 6.45) is 5.43. The second kappa shape index (κ2) is 7.21. The lowest BCUT2D eigenvalue weighted by Crippen LogP contribution is -2.44. The number of methoxy groups -OCH3 is 1. The number of amides is 2. The quantitative estimate of drug-likeness (QED) is 0.846. The Morgan fingerprint density at radius 3 is 2.91 bits per heavy atom. The van der Waals surface area contributed by atoms with Crippen LogP contribution in [0.4, 0.5) is 4.79 Å². The normalized spacial score (nSPS) is 19.8. The number of hydrogen-bond acceptors (Lipinski definition) is 3. The number of ether oxygens (including phenoxy) is 1. The monoisotopic (exact) mass is 318 g/mol. The van der Waals surface area contributed by atoms with E-state index in [0.717, 1.165) is 37.9 Å². The van der Waals surface area contributed by atoms with Gasteiger partial charge in [-0.25, -0.2) is 4.79 Å². The largest absolute Gasteiger partial charge is 0.497 e. The Bertz CT molecular complexity index is 557. The third-order valence-corrected chi connectivity index (χ3v) is 4.88. The number of aliphatic hydroxyl groups is 1. The molecule has 1 saturated carbocycles. The van der Waals surface area contributed by atoms with Crippen LogP contribution in [0.1, 0.15) is 42.7 Å². The highest BCUT2D eigenvalue weighted by molar-refractivity contribution is 5.75. The number of rotatable bonds is 6. The number of carbonyl (C=O) groups excluding carboxylic acids is 1. The molecule has 2 aliphatic rings. The van der Waals surface area contributed by atoms with Crippen LogP contribution >= 0.6 is 0 Å². The molecule has 0 aromatic heterocycles. The standard InChI is InChI=1S/C18H26N2O3/c1-23-16-7-8-17-13(11-16)3-2-4-14(17)12-19-18(22)20(9-10-21)15-5-6-15/h7-8,11,14-15,21H,2-6,9-10,12H2,1H3,(H,19,22)/t14-/m0/s1. The van der Waals surface area contributed by atoms with Gasteiger partial charge >= 0.3 is 6.03 Å². The van der Waals surface area contributed by atoms with Gasteiger partial charge < -0.3 is 20.1 Å². The van der Waals surface area contributed by atoms with E-state index in [2.05, 4.69) is 17.4 Å². The van der Waals surface area contributed by atoms with Crippen LogP contribution in [-0.4, -0.2) is 48.9 Å². The second-order valence-electron chi connectivity index (χ2n) is 6.49. The summed E-state index contributed by atoms with van der Waals surface area (Å²) in [5.74, 6) is 1.26. The maximum Gasteiger partial charge on any atom is 0.317 e. The maximum atomic E-state index is 12.4. The summed E-state index contributed by atoms with van der Waals surface area (Å²) in [5, 5.41) is 12.2. The topological polar surface area (TPSA) is 61.8 Å². The third-order valence-electron chi connectivity index (χ3n) is 4.88. The minimum atomic E-state index is -0.0396. The molecule has 1 aromatic carbocycles.